The summed E-state index contributed by atoms with van der Waals surface area (Å²) in [5.74, 6) is 0.713. The lowest BCUT2D eigenvalue weighted by Crippen LogP contribution is -2.07. The van der Waals surface area contributed by atoms with E-state index >= 15 is 0 Å². The number of benzene rings is 1. The molecule has 0 spiro atoms. The highest BCUT2D eigenvalue weighted by Crippen LogP contribution is 2.34. The summed E-state index contributed by atoms with van der Waals surface area (Å²) in [6.07, 6.45) is 5.55. The zero-order valence-corrected chi connectivity index (χ0v) is 9.73. The topological polar surface area (TPSA) is 46.2 Å². The first kappa shape index (κ1) is 11.6. The van der Waals surface area contributed by atoms with Crippen molar-refractivity contribution < 1.29 is 5.11 Å². The third-order valence-corrected chi connectivity index (χ3v) is 3.56. The van der Waals surface area contributed by atoms with Gasteiger partial charge >= 0.3 is 0 Å². The Bertz CT molecular complexity index is 331. The number of aliphatic hydroxyl groups is 1. The summed E-state index contributed by atoms with van der Waals surface area (Å²) in [6.45, 7) is 0.537. The fourth-order valence-corrected chi connectivity index (χ4v) is 2.60. The molecule has 0 aliphatic heterocycles. The van der Waals surface area contributed by atoms with Gasteiger partial charge in [0.1, 0.15) is 0 Å². The van der Waals surface area contributed by atoms with Gasteiger partial charge in [0.05, 0.1) is 6.10 Å². The van der Waals surface area contributed by atoms with Crippen molar-refractivity contribution >= 4 is 0 Å². The average molecular weight is 219 g/mol. The average Bonchev–Trinajstić information content (AvgIpc) is 2.83. The summed E-state index contributed by atoms with van der Waals surface area (Å²) in [5.41, 5.74) is 7.88. The number of rotatable bonds is 4. The van der Waals surface area contributed by atoms with Crippen LogP contribution in [0.15, 0.2) is 24.3 Å². The largest absolute Gasteiger partial charge is 0.388 e. The summed E-state index contributed by atoms with van der Waals surface area (Å²) in [5, 5.41) is 9.91. The Morgan fingerprint density at radius 2 is 2.06 bits per heavy atom. The van der Waals surface area contributed by atoms with Gasteiger partial charge < -0.3 is 10.8 Å². The van der Waals surface area contributed by atoms with E-state index in [1.54, 1.807) is 0 Å². The zero-order valence-electron chi connectivity index (χ0n) is 9.73. The van der Waals surface area contributed by atoms with E-state index in [-0.39, 0.29) is 0 Å². The molecule has 1 saturated carbocycles. The molecule has 1 aliphatic carbocycles. The second-order valence-corrected chi connectivity index (χ2v) is 4.74. The van der Waals surface area contributed by atoms with Crippen molar-refractivity contribution in [2.75, 3.05) is 6.54 Å². The molecule has 1 aliphatic rings. The Hall–Kier alpha value is -0.860. The predicted molar refractivity (Wildman–Crippen MR) is 66.3 cm³/mol. The molecule has 88 valence electrons. The van der Waals surface area contributed by atoms with E-state index in [0.717, 1.165) is 5.56 Å². The quantitative estimate of drug-likeness (QED) is 0.818. The molecule has 0 saturated heterocycles. The van der Waals surface area contributed by atoms with Crippen LogP contribution in [0, 0.1) is 0 Å². The van der Waals surface area contributed by atoms with Gasteiger partial charge in [0, 0.05) is 0 Å². The Balaban J connectivity index is 2.12. The molecule has 0 heterocycles. The minimum absolute atomic E-state index is 0.397. The van der Waals surface area contributed by atoms with Crippen LogP contribution in [0.1, 0.15) is 55.3 Å². The molecule has 0 radical (unpaired) electrons. The van der Waals surface area contributed by atoms with Crippen molar-refractivity contribution in [2.45, 2.75) is 44.1 Å². The second kappa shape index (κ2) is 5.46. The molecular formula is C14H21NO. The van der Waals surface area contributed by atoms with Crippen molar-refractivity contribution in [3.8, 4) is 0 Å². The van der Waals surface area contributed by atoms with Gasteiger partial charge in [-0.25, -0.2) is 0 Å². The lowest BCUT2D eigenvalue weighted by Gasteiger charge is -2.14. The van der Waals surface area contributed by atoms with Crippen molar-refractivity contribution in [3.05, 3.63) is 35.4 Å². The number of hydrogen-bond acceptors (Lipinski definition) is 2. The van der Waals surface area contributed by atoms with E-state index in [4.69, 9.17) is 5.73 Å². The van der Waals surface area contributed by atoms with Crippen molar-refractivity contribution in [2.24, 2.45) is 5.73 Å². The van der Waals surface area contributed by atoms with Gasteiger partial charge in [-0.3, -0.25) is 0 Å². The summed E-state index contributed by atoms with van der Waals surface area (Å²) < 4.78 is 0. The van der Waals surface area contributed by atoms with Crippen LogP contribution in [0.3, 0.4) is 0 Å². The molecule has 2 rings (SSSR count). The van der Waals surface area contributed by atoms with Crippen LogP contribution >= 0.6 is 0 Å². The lowest BCUT2D eigenvalue weighted by molar-refractivity contribution is 0.170. The van der Waals surface area contributed by atoms with E-state index in [0.29, 0.717) is 18.9 Å². The summed E-state index contributed by atoms with van der Waals surface area (Å²) in [4.78, 5) is 0. The predicted octanol–water partition coefficient (Wildman–Crippen LogP) is 2.73. The Kier molecular flexibility index (Phi) is 3.97. The molecule has 1 unspecified atom stereocenters. The maximum atomic E-state index is 9.91. The maximum absolute atomic E-state index is 9.91. The third kappa shape index (κ3) is 2.63. The number of hydrogen-bond donors (Lipinski definition) is 2. The Morgan fingerprint density at radius 3 is 2.75 bits per heavy atom. The molecule has 0 aromatic heterocycles. The van der Waals surface area contributed by atoms with E-state index < -0.39 is 6.10 Å². The monoisotopic (exact) mass is 219 g/mol. The lowest BCUT2D eigenvalue weighted by atomic mass is 9.94. The highest BCUT2D eigenvalue weighted by atomic mass is 16.3. The molecule has 0 bridgehead atoms. The van der Waals surface area contributed by atoms with Gasteiger partial charge in [0.25, 0.3) is 0 Å². The highest BCUT2D eigenvalue weighted by molar-refractivity contribution is 5.28. The van der Waals surface area contributed by atoms with Crippen LogP contribution in [0.4, 0.5) is 0 Å². The number of aliphatic hydroxyl groups excluding tert-OH is 1. The van der Waals surface area contributed by atoms with Crippen LogP contribution in [-0.2, 0) is 0 Å². The molecule has 1 aromatic carbocycles. The number of nitrogens with two attached hydrogens (primary N) is 1. The molecule has 1 fully saturated rings. The maximum Gasteiger partial charge on any atom is 0.0802 e. The smallest absolute Gasteiger partial charge is 0.0802 e. The van der Waals surface area contributed by atoms with Gasteiger partial charge in [-0.1, -0.05) is 37.1 Å². The van der Waals surface area contributed by atoms with Crippen LogP contribution in [0.5, 0.6) is 0 Å². The third-order valence-electron chi connectivity index (χ3n) is 3.56. The highest BCUT2D eigenvalue weighted by Gasteiger charge is 2.17. The summed E-state index contributed by atoms with van der Waals surface area (Å²) in [6, 6.07) is 8.41. The molecule has 0 amide bonds. The molecule has 2 nitrogen and oxygen atoms in total. The molecule has 1 aromatic rings. The van der Waals surface area contributed by atoms with E-state index in [1.165, 1.54) is 31.2 Å². The standard InChI is InChI=1S/C14H21NO/c15-9-8-14(16)13-7-3-6-12(10-13)11-4-1-2-5-11/h3,6-7,10-11,14,16H,1-2,4-5,8-9,15H2. The normalized spacial score (nSPS) is 18.9. The van der Waals surface area contributed by atoms with Crippen LogP contribution in [-0.4, -0.2) is 11.7 Å². The molecular weight excluding hydrogens is 198 g/mol. The zero-order chi connectivity index (χ0) is 11.4. The SMILES string of the molecule is NCCC(O)c1cccc(C2CCCC2)c1. The Labute approximate surface area is 97.5 Å². The van der Waals surface area contributed by atoms with Gasteiger partial charge in [-0.2, -0.15) is 0 Å². The Morgan fingerprint density at radius 1 is 1.31 bits per heavy atom. The van der Waals surface area contributed by atoms with Crippen LogP contribution in [0.2, 0.25) is 0 Å². The first-order valence-electron chi connectivity index (χ1n) is 6.29. The summed E-state index contributed by atoms with van der Waals surface area (Å²) in [7, 11) is 0. The molecule has 1 atom stereocenters. The van der Waals surface area contributed by atoms with Gasteiger partial charge in [0.2, 0.25) is 0 Å². The molecule has 3 N–H and O–H groups in total. The van der Waals surface area contributed by atoms with E-state index in [9.17, 15) is 5.11 Å². The van der Waals surface area contributed by atoms with E-state index in [1.807, 2.05) is 6.07 Å². The van der Waals surface area contributed by atoms with Gasteiger partial charge in [-0.05, 0) is 42.9 Å². The van der Waals surface area contributed by atoms with Gasteiger partial charge in [-0.15, -0.1) is 0 Å². The van der Waals surface area contributed by atoms with Crippen LogP contribution < -0.4 is 5.73 Å². The minimum Gasteiger partial charge on any atom is -0.388 e. The fraction of sp³-hybridized carbons (Fsp3) is 0.571. The first-order chi connectivity index (χ1) is 7.81. The summed E-state index contributed by atoms with van der Waals surface area (Å²) >= 11 is 0. The molecule has 2 heteroatoms. The molecule has 16 heavy (non-hydrogen) atoms. The van der Waals surface area contributed by atoms with Crippen molar-refractivity contribution in [1.29, 1.82) is 0 Å². The fourth-order valence-electron chi connectivity index (χ4n) is 2.60. The van der Waals surface area contributed by atoms with Crippen LogP contribution in [0.25, 0.3) is 0 Å². The van der Waals surface area contributed by atoms with E-state index in [2.05, 4.69) is 18.2 Å². The van der Waals surface area contributed by atoms with Crippen molar-refractivity contribution in [1.82, 2.24) is 0 Å². The second-order valence-electron chi connectivity index (χ2n) is 4.74. The first-order valence-corrected chi connectivity index (χ1v) is 6.29. The van der Waals surface area contributed by atoms with Gasteiger partial charge in [0.15, 0.2) is 0 Å². The van der Waals surface area contributed by atoms with Crippen molar-refractivity contribution in [3.63, 3.8) is 0 Å². The minimum atomic E-state index is -0.397.